The van der Waals surface area contributed by atoms with Gasteiger partial charge in [0.2, 0.25) is 0 Å². The van der Waals surface area contributed by atoms with Crippen molar-refractivity contribution in [3.63, 3.8) is 0 Å². The number of hydrogen-bond acceptors (Lipinski definition) is 4. The van der Waals surface area contributed by atoms with Gasteiger partial charge in [0, 0.05) is 45.9 Å². The van der Waals surface area contributed by atoms with Crippen LogP contribution >= 0.6 is 0 Å². The first-order chi connectivity index (χ1) is 8.55. The van der Waals surface area contributed by atoms with Crippen LogP contribution in [0.25, 0.3) is 0 Å². The summed E-state index contributed by atoms with van der Waals surface area (Å²) in [6.45, 7) is 13.7. The van der Waals surface area contributed by atoms with E-state index < -0.39 is 0 Å². The van der Waals surface area contributed by atoms with E-state index in [2.05, 4.69) is 31.0 Å². The highest BCUT2D eigenvalue weighted by Gasteiger charge is 2.31. The van der Waals surface area contributed by atoms with Crippen LogP contribution in [0.4, 0.5) is 0 Å². The molecule has 0 bridgehead atoms. The monoisotopic (exact) mass is 258 g/mol. The molecule has 0 aromatic carbocycles. The van der Waals surface area contributed by atoms with Crippen molar-refractivity contribution >= 4 is 0 Å². The summed E-state index contributed by atoms with van der Waals surface area (Å²) in [6.07, 6.45) is 1.11. The molecule has 1 atom stereocenters. The van der Waals surface area contributed by atoms with Gasteiger partial charge in [-0.2, -0.15) is 0 Å². The van der Waals surface area contributed by atoms with Crippen LogP contribution in [0.15, 0.2) is 0 Å². The molecule has 4 heteroatoms. The predicted octanol–water partition coefficient (Wildman–Crippen LogP) is 1.36. The Balaban J connectivity index is 2.21. The van der Waals surface area contributed by atoms with Gasteiger partial charge in [0.25, 0.3) is 0 Å². The summed E-state index contributed by atoms with van der Waals surface area (Å²) >= 11 is 0. The molecular weight excluding hydrogens is 228 g/mol. The molecule has 1 heterocycles. The smallest absolute Gasteiger partial charge is 0.0700 e. The lowest BCUT2D eigenvalue weighted by molar-refractivity contribution is 0.0451. The average molecular weight is 258 g/mol. The van der Waals surface area contributed by atoms with Gasteiger partial charge in [0.05, 0.1) is 13.2 Å². The van der Waals surface area contributed by atoms with E-state index in [1.54, 1.807) is 7.11 Å². The summed E-state index contributed by atoms with van der Waals surface area (Å²) in [5.41, 5.74) is 0.338. The molecule has 0 radical (unpaired) electrons. The molecule has 0 aromatic heterocycles. The third-order valence-electron chi connectivity index (χ3n) is 3.52. The van der Waals surface area contributed by atoms with Crippen LogP contribution in [0.3, 0.4) is 0 Å². The number of nitrogens with zero attached hydrogens (tertiary/aromatic N) is 1. The minimum absolute atomic E-state index is 0.338. The first-order valence-corrected chi connectivity index (χ1v) is 7.07. The molecule has 1 rings (SSSR count). The Hall–Kier alpha value is -0.160. The Morgan fingerprint density at radius 2 is 2.00 bits per heavy atom. The second kappa shape index (κ2) is 8.10. The van der Waals surface area contributed by atoms with E-state index in [0.29, 0.717) is 24.7 Å². The highest BCUT2D eigenvalue weighted by molar-refractivity contribution is 4.88. The molecular formula is C14H30N2O2. The topological polar surface area (TPSA) is 33.7 Å². The van der Waals surface area contributed by atoms with Crippen molar-refractivity contribution in [2.75, 3.05) is 53.1 Å². The molecule has 1 N–H and O–H groups in total. The molecule has 0 saturated carbocycles. The lowest BCUT2D eigenvalue weighted by Crippen LogP contribution is -2.56. The predicted molar refractivity (Wildman–Crippen MR) is 75.0 cm³/mol. The third kappa shape index (κ3) is 5.65. The van der Waals surface area contributed by atoms with E-state index in [1.807, 2.05) is 0 Å². The molecule has 1 unspecified atom stereocenters. The van der Waals surface area contributed by atoms with E-state index in [9.17, 15) is 0 Å². The summed E-state index contributed by atoms with van der Waals surface area (Å²) in [5, 5.41) is 3.50. The summed E-state index contributed by atoms with van der Waals surface area (Å²) < 4.78 is 10.5. The molecule has 0 aliphatic carbocycles. The molecule has 0 aromatic rings. The second-order valence-corrected chi connectivity index (χ2v) is 6.08. The zero-order valence-corrected chi connectivity index (χ0v) is 12.5. The van der Waals surface area contributed by atoms with Gasteiger partial charge in [-0.3, -0.25) is 4.90 Å². The van der Waals surface area contributed by atoms with Crippen molar-refractivity contribution in [3.05, 3.63) is 0 Å². The fraction of sp³-hybridized carbons (Fsp3) is 1.00. The van der Waals surface area contributed by atoms with E-state index in [-0.39, 0.29) is 0 Å². The maximum Gasteiger partial charge on any atom is 0.0700 e. The molecule has 108 valence electrons. The minimum atomic E-state index is 0.338. The third-order valence-corrected chi connectivity index (χ3v) is 3.52. The highest BCUT2D eigenvalue weighted by atomic mass is 16.5. The van der Waals surface area contributed by atoms with Gasteiger partial charge in [0.15, 0.2) is 0 Å². The highest BCUT2D eigenvalue weighted by Crippen LogP contribution is 2.25. The largest absolute Gasteiger partial charge is 0.382 e. The van der Waals surface area contributed by atoms with Crippen molar-refractivity contribution in [1.82, 2.24) is 10.2 Å². The Morgan fingerprint density at radius 3 is 2.67 bits per heavy atom. The average Bonchev–Trinajstić information content (AvgIpc) is 2.33. The Labute approximate surface area is 112 Å². The van der Waals surface area contributed by atoms with E-state index in [1.165, 1.54) is 0 Å². The van der Waals surface area contributed by atoms with Gasteiger partial charge in [-0.15, -0.1) is 0 Å². The zero-order valence-electron chi connectivity index (χ0n) is 12.5. The van der Waals surface area contributed by atoms with Gasteiger partial charge in [-0.25, -0.2) is 0 Å². The number of ether oxygens (including phenoxy) is 2. The summed E-state index contributed by atoms with van der Waals surface area (Å²) in [4.78, 5) is 2.61. The van der Waals surface area contributed by atoms with Crippen LogP contribution in [0.5, 0.6) is 0 Å². The lowest BCUT2D eigenvalue weighted by Gasteiger charge is -2.43. The van der Waals surface area contributed by atoms with Crippen molar-refractivity contribution in [2.45, 2.75) is 33.2 Å². The summed E-state index contributed by atoms with van der Waals surface area (Å²) in [5.74, 6) is 0. The second-order valence-electron chi connectivity index (χ2n) is 6.08. The number of piperazine rings is 1. The molecule has 18 heavy (non-hydrogen) atoms. The SMILES string of the molecule is COCCOCCCN1CCNCC1C(C)(C)C. The van der Waals surface area contributed by atoms with Crippen molar-refractivity contribution < 1.29 is 9.47 Å². The Kier molecular flexibility index (Phi) is 7.15. The van der Waals surface area contributed by atoms with E-state index in [4.69, 9.17) is 9.47 Å². The van der Waals surface area contributed by atoms with E-state index >= 15 is 0 Å². The number of hydrogen-bond donors (Lipinski definition) is 1. The van der Waals surface area contributed by atoms with Crippen LogP contribution in [-0.4, -0.2) is 64.1 Å². The molecule has 1 aliphatic heterocycles. The molecule has 1 fully saturated rings. The van der Waals surface area contributed by atoms with Gasteiger partial charge >= 0.3 is 0 Å². The van der Waals surface area contributed by atoms with Gasteiger partial charge in [-0.1, -0.05) is 20.8 Å². The summed E-state index contributed by atoms with van der Waals surface area (Å²) in [7, 11) is 1.71. The first-order valence-electron chi connectivity index (χ1n) is 7.07. The number of nitrogens with one attached hydrogen (secondary N) is 1. The standard InChI is InChI=1S/C14H30N2O2/c1-14(2,3)13-12-15-6-8-16(13)7-5-9-18-11-10-17-4/h13,15H,5-12H2,1-4H3. The fourth-order valence-corrected chi connectivity index (χ4v) is 2.48. The van der Waals surface area contributed by atoms with Gasteiger partial charge in [0.1, 0.15) is 0 Å². The minimum Gasteiger partial charge on any atom is -0.382 e. The quantitative estimate of drug-likeness (QED) is 0.699. The molecule has 4 nitrogen and oxygen atoms in total. The molecule has 0 spiro atoms. The zero-order chi connectivity index (χ0) is 13.4. The first kappa shape index (κ1) is 15.9. The van der Waals surface area contributed by atoms with Gasteiger partial charge < -0.3 is 14.8 Å². The van der Waals surface area contributed by atoms with Gasteiger partial charge in [-0.05, 0) is 11.8 Å². The molecule has 1 aliphatic rings. The Morgan fingerprint density at radius 1 is 1.22 bits per heavy atom. The fourth-order valence-electron chi connectivity index (χ4n) is 2.48. The normalized spacial score (nSPS) is 22.3. The number of rotatable bonds is 7. The van der Waals surface area contributed by atoms with Crippen LogP contribution in [0.2, 0.25) is 0 Å². The van der Waals surface area contributed by atoms with Crippen LogP contribution in [0.1, 0.15) is 27.2 Å². The van der Waals surface area contributed by atoms with Crippen molar-refractivity contribution in [3.8, 4) is 0 Å². The van der Waals surface area contributed by atoms with Crippen LogP contribution in [-0.2, 0) is 9.47 Å². The van der Waals surface area contributed by atoms with Crippen LogP contribution in [0, 0.1) is 5.41 Å². The van der Waals surface area contributed by atoms with E-state index in [0.717, 1.165) is 39.2 Å². The molecule has 1 saturated heterocycles. The van der Waals surface area contributed by atoms with Crippen molar-refractivity contribution in [1.29, 1.82) is 0 Å². The summed E-state index contributed by atoms with van der Waals surface area (Å²) in [6, 6.07) is 0.630. The maximum atomic E-state index is 5.52. The maximum absolute atomic E-state index is 5.52. The van der Waals surface area contributed by atoms with Crippen molar-refractivity contribution in [2.24, 2.45) is 5.41 Å². The lowest BCUT2D eigenvalue weighted by atomic mass is 9.84. The Bertz CT molecular complexity index is 216. The molecule has 0 amide bonds. The number of methoxy groups -OCH3 is 1. The van der Waals surface area contributed by atoms with Crippen LogP contribution < -0.4 is 5.32 Å².